The van der Waals surface area contributed by atoms with E-state index in [0.29, 0.717) is 5.56 Å². The van der Waals surface area contributed by atoms with Gasteiger partial charge in [0.1, 0.15) is 0 Å². The molecule has 4 heteroatoms. The monoisotopic (exact) mass is 385 g/mol. The number of aromatic nitrogens is 2. The van der Waals surface area contributed by atoms with E-state index in [1.54, 1.807) is 24.5 Å². The number of benzene rings is 1. The highest BCUT2D eigenvalue weighted by Crippen LogP contribution is 2.28. The second kappa shape index (κ2) is 8.56. The first kappa shape index (κ1) is 19.3. The number of likely N-dealkylation sites (tertiary alicyclic amines) is 1. The Kier molecular flexibility index (Phi) is 5.70. The summed E-state index contributed by atoms with van der Waals surface area (Å²) in [4.78, 5) is 23.7. The van der Waals surface area contributed by atoms with Gasteiger partial charge in [-0.3, -0.25) is 14.8 Å². The Hall–Kier alpha value is -3.01. The molecule has 0 aliphatic carbocycles. The molecule has 1 aliphatic rings. The predicted octanol–water partition coefficient (Wildman–Crippen LogP) is 4.70. The van der Waals surface area contributed by atoms with Gasteiger partial charge in [-0.25, -0.2) is 0 Å². The van der Waals surface area contributed by atoms with Gasteiger partial charge in [-0.2, -0.15) is 0 Å². The molecule has 1 amide bonds. The van der Waals surface area contributed by atoms with Crippen molar-refractivity contribution < 1.29 is 4.79 Å². The van der Waals surface area contributed by atoms with E-state index in [1.807, 2.05) is 4.90 Å². The van der Waals surface area contributed by atoms with Crippen LogP contribution in [0.25, 0.3) is 0 Å². The van der Waals surface area contributed by atoms with Crippen LogP contribution < -0.4 is 0 Å². The molecule has 1 fully saturated rings. The van der Waals surface area contributed by atoms with Gasteiger partial charge in [0.25, 0.3) is 5.91 Å². The molecule has 29 heavy (non-hydrogen) atoms. The van der Waals surface area contributed by atoms with Crippen LogP contribution in [0.3, 0.4) is 0 Å². The molecular weight excluding hydrogens is 358 g/mol. The molecule has 1 saturated heterocycles. The lowest BCUT2D eigenvalue weighted by atomic mass is 9.91. The van der Waals surface area contributed by atoms with Crippen LogP contribution >= 0.6 is 0 Å². The summed E-state index contributed by atoms with van der Waals surface area (Å²) in [5.74, 6) is 0.370. The van der Waals surface area contributed by atoms with E-state index in [1.165, 1.54) is 16.7 Å². The number of aryl methyl sites for hydroxylation is 2. The van der Waals surface area contributed by atoms with Crippen molar-refractivity contribution in [1.82, 2.24) is 14.9 Å². The quantitative estimate of drug-likeness (QED) is 0.654. The molecule has 4 rings (SSSR count). The highest BCUT2D eigenvalue weighted by atomic mass is 16.2. The summed E-state index contributed by atoms with van der Waals surface area (Å²) in [6, 6.07) is 16.5. The summed E-state index contributed by atoms with van der Waals surface area (Å²) in [5, 5.41) is 0. The summed E-state index contributed by atoms with van der Waals surface area (Å²) >= 11 is 0. The van der Waals surface area contributed by atoms with E-state index >= 15 is 0 Å². The molecule has 0 bridgehead atoms. The number of piperidine rings is 1. The van der Waals surface area contributed by atoms with Gasteiger partial charge < -0.3 is 4.90 Å². The average molecular weight is 386 g/mol. The van der Waals surface area contributed by atoms with Gasteiger partial charge >= 0.3 is 0 Å². The third-order valence-corrected chi connectivity index (χ3v) is 5.74. The number of pyridine rings is 2. The Labute approximate surface area is 172 Å². The van der Waals surface area contributed by atoms with E-state index in [9.17, 15) is 4.79 Å². The zero-order chi connectivity index (χ0) is 20.2. The fraction of sp³-hybridized carbons (Fsp3) is 0.320. The van der Waals surface area contributed by atoms with Crippen molar-refractivity contribution in [2.24, 2.45) is 0 Å². The second-order valence-electron chi connectivity index (χ2n) is 7.97. The van der Waals surface area contributed by atoms with Gasteiger partial charge in [0, 0.05) is 48.4 Å². The molecule has 1 aromatic carbocycles. The Morgan fingerprint density at radius 3 is 2.69 bits per heavy atom. The SMILES string of the molecule is Cc1cc(Cc2ccccc2C)cc(C2CCCN(C(=O)c3ccncc3)C2)n1. The number of carbonyl (C=O) groups excluding carboxylic acids is 1. The van der Waals surface area contributed by atoms with Gasteiger partial charge in [0.05, 0.1) is 0 Å². The summed E-state index contributed by atoms with van der Waals surface area (Å²) in [7, 11) is 0. The van der Waals surface area contributed by atoms with Crippen LogP contribution in [0.1, 0.15) is 57.2 Å². The van der Waals surface area contributed by atoms with Crippen LogP contribution in [0.4, 0.5) is 0 Å². The smallest absolute Gasteiger partial charge is 0.253 e. The number of rotatable bonds is 4. The molecule has 4 nitrogen and oxygen atoms in total. The van der Waals surface area contributed by atoms with E-state index in [0.717, 1.165) is 43.7 Å². The van der Waals surface area contributed by atoms with Crippen molar-refractivity contribution in [3.8, 4) is 0 Å². The summed E-state index contributed by atoms with van der Waals surface area (Å²) in [5.41, 5.74) is 6.82. The average Bonchev–Trinajstić information content (AvgIpc) is 2.75. The van der Waals surface area contributed by atoms with E-state index in [2.05, 4.69) is 55.2 Å². The first-order valence-corrected chi connectivity index (χ1v) is 10.3. The molecule has 1 atom stereocenters. The maximum atomic E-state index is 12.9. The Morgan fingerprint density at radius 1 is 1.10 bits per heavy atom. The minimum atomic E-state index is 0.0879. The normalized spacial score (nSPS) is 16.6. The topological polar surface area (TPSA) is 46.1 Å². The maximum absolute atomic E-state index is 12.9. The van der Waals surface area contributed by atoms with Crippen molar-refractivity contribution in [2.75, 3.05) is 13.1 Å². The highest BCUT2D eigenvalue weighted by molar-refractivity contribution is 5.94. The standard InChI is InChI=1S/C25H27N3O/c1-18-6-3-4-7-22(18)15-20-14-19(2)27-24(16-20)23-8-5-13-28(17-23)25(29)21-9-11-26-12-10-21/h3-4,6-7,9-12,14,16,23H,5,8,13,15,17H2,1-2H3. The molecule has 0 radical (unpaired) electrons. The van der Waals surface area contributed by atoms with Gasteiger partial charge in [0.15, 0.2) is 0 Å². The van der Waals surface area contributed by atoms with Crippen molar-refractivity contribution in [1.29, 1.82) is 0 Å². The number of hydrogen-bond acceptors (Lipinski definition) is 3. The zero-order valence-corrected chi connectivity index (χ0v) is 17.1. The Bertz CT molecular complexity index is 1000. The molecule has 1 aliphatic heterocycles. The third-order valence-electron chi connectivity index (χ3n) is 5.74. The van der Waals surface area contributed by atoms with Crippen molar-refractivity contribution in [2.45, 2.75) is 39.0 Å². The zero-order valence-electron chi connectivity index (χ0n) is 17.1. The molecule has 0 N–H and O–H groups in total. The molecule has 3 heterocycles. The maximum Gasteiger partial charge on any atom is 0.253 e. The van der Waals surface area contributed by atoms with E-state index in [4.69, 9.17) is 4.98 Å². The fourth-order valence-corrected chi connectivity index (χ4v) is 4.19. The van der Waals surface area contributed by atoms with Gasteiger partial charge in [0.2, 0.25) is 0 Å². The lowest BCUT2D eigenvalue weighted by Gasteiger charge is -2.33. The van der Waals surface area contributed by atoms with Crippen LogP contribution in [0.2, 0.25) is 0 Å². The van der Waals surface area contributed by atoms with Crippen molar-refractivity contribution in [3.05, 3.63) is 94.6 Å². The first-order valence-electron chi connectivity index (χ1n) is 10.3. The molecule has 0 spiro atoms. The summed E-state index contributed by atoms with van der Waals surface area (Å²) in [6.45, 7) is 5.75. The highest BCUT2D eigenvalue weighted by Gasteiger charge is 2.26. The third kappa shape index (κ3) is 4.53. The van der Waals surface area contributed by atoms with Crippen molar-refractivity contribution >= 4 is 5.91 Å². The summed E-state index contributed by atoms with van der Waals surface area (Å²) < 4.78 is 0. The lowest BCUT2D eigenvalue weighted by molar-refractivity contribution is 0.0705. The van der Waals surface area contributed by atoms with E-state index in [-0.39, 0.29) is 11.8 Å². The Morgan fingerprint density at radius 2 is 1.90 bits per heavy atom. The van der Waals surface area contributed by atoms with Crippen LogP contribution in [-0.4, -0.2) is 33.9 Å². The summed E-state index contributed by atoms with van der Waals surface area (Å²) in [6.07, 6.45) is 6.34. The van der Waals surface area contributed by atoms with Crippen LogP contribution in [0.5, 0.6) is 0 Å². The molecule has 2 aromatic heterocycles. The molecule has 1 unspecified atom stereocenters. The molecular formula is C25H27N3O. The van der Waals surface area contributed by atoms with Crippen molar-refractivity contribution in [3.63, 3.8) is 0 Å². The number of nitrogens with zero attached hydrogens (tertiary/aromatic N) is 3. The number of carbonyl (C=O) groups is 1. The van der Waals surface area contributed by atoms with Gasteiger partial charge in [-0.05, 0) is 74.1 Å². The lowest BCUT2D eigenvalue weighted by Crippen LogP contribution is -2.39. The van der Waals surface area contributed by atoms with E-state index < -0.39 is 0 Å². The second-order valence-corrected chi connectivity index (χ2v) is 7.97. The van der Waals surface area contributed by atoms with Crippen LogP contribution in [0, 0.1) is 13.8 Å². The molecule has 0 saturated carbocycles. The van der Waals surface area contributed by atoms with Gasteiger partial charge in [-0.1, -0.05) is 24.3 Å². The minimum absolute atomic E-state index is 0.0879. The first-order chi connectivity index (χ1) is 14.1. The molecule has 148 valence electrons. The number of hydrogen-bond donors (Lipinski definition) is 0. The van der Waals surface area contributed by atoms with Gasteiger partial charge in [-0.15, -0.1) is 0 Å². The Balaban J connectivity index is 1.54. The number of amides is 1. The minimum Gasteiger partial charge on any atom is -0.338 e. The fourth-order valence-electron chi connectivity index (χ4n) is 4.19. The predicted molar refractivity (Wildman–Crippen MR) is 115 cm³/mol. The largest absolute Gasteiger partial charge is 0.338 e. The van der Waals surface area contributed by atoms with Crippen LogP contribution in [-0.2, 0) is 6.42 Å². The van der Waals surface area contributed by atoms with Crippen LogP contribution in [0.15, 0.2) is 60.9 Å². The molecule has 3 aromatic rings.